The van der Waals surface area contributed by atoms with Crippen molar-refractivity contribution < 1.29 is 24.2 Å². The molecule has 1 heterocycles. The molecule has 1 aromatic heterocycles. The predicted octanol–water partition coefficient (Wildman–Crippen LogP) is 4.12. The number of hydrogen-bond donors (Lipinski definition) is 2. The van der Waals surface area contributed by atoms with E-state index in [4.69, 9.17) is 4.74 Å². The average molecular weight is 379 g/mol. The van der Waals surface area contributed by atoms with Gasteiger partial charge in [0.05, 0.1) is 5.69 Å². The molecular weight excluding hydrogens is 358 g/mol. The van der Waals surface area contributed by atoms with Gasteiger partial charge in [-0.2, -0.15) is 0 Å². The number of carbonyl (C=O) groups excluding carboxylic acids is 3. The topological polar surface area (TPSA) is 96.5 Å². The second kappa shape index (κ2) is 7.31. The van der Waals surface area contributed by atoms with Gasteiger partial charge in [0.1, 0.15) is 11.3 Å². The zero-order valence-corrected chi connectivity index (χ0v) is 16.1. The van der Waals surface area contributed by atoms with Gasteiger partial charge in [0.25, 0.3) is 0 Å². The Morgan fingerprint density at radius 2 is 1.68 bits per heavy atom. The summed E-state index contributed by atoms with van der Waals surface area (Å²) in [6.07, 6.45) is -1.09. The lowest BCUT2D eigenvalue weighted by Crippen LogP contribution is -2.25. The van der Waals surface area contributed by atoms with E-state index in [1.54, 1.807) is 13.8 Å². The Kier molecular flexibility index (Phi) is 5.05. The van der Waals surface area contributed by atoms with Gasteiger partial charge >= 0.3 is 5.97 Å². The van der Waals surface area contributed by atoms with Crippen LogP contribution in [0.1, 0.15) is 56.3 Å². The molecule has 0 saturated heterocycles. The maximum Gasteiger partial charge on any atom is 0.342 e. The van der Waals surface area contributed by atoms with Crippen LogP contribution < -0.4 is 0 Å². The number of phenolic OH excluding ortho intramolecular Hbond substituents is 1. The van der Waals surface area contributed by atoms with Crippen molar-refractivity contribution in [2.24, 2.45) is 0 Å². The third-order valence-corrected chi connectivity index (χ3v) is 4.77. The lowest BCUT2D eigenvalue weighted by molar-refractivity contribution is 0.0314. The van der Waals surface area contributed by atoms with Crippen LogP contribution in [0.5, 0.6) is 5.75 Å². The van der Waals surface area contributed by atoms with E-state index < -0.39 is 17.9 Å². The van der Waals surface area contributed by atoms with Gasteiger partial charge in [-0.3, -0.25) is 9.59 Å². The van der Waals surface area contributed by atoms with E-state index in [1.165, 1.54) is 26.0 Å². The molecule has 0 radical (unpaired) electrons. The highest BCUT2D eigenvalue weighted by Crippen LogP contribution is 2.26. The summed E-state index contributed by atoms with van der Waals surface area (Å²) in [7, 11) is 0. The minimum absolute atomic E-state index is 0.0119. The molecule has 0 aliphatic rings. The Morgan fingerprint density at radius 1 is 1.07 bits per heavy atom. The second-order valence-corrected chi connectivity index (χ2v) is 6.81. The van der Waals surface area contributed by atoms with Gasteiger partial charge in [-0.15, -0.1) is 0 Å². The summed E-state index contributed by atoms with van der Waals surface area (Å²) in [5, 5.41) is 11.7. The smallest absolute Gasteiger partial charge is 0.342 e. The Labute approximate surface area is 162 Å². The Balaban J connectivity index is 1.85. The third-order valence-electron chi connectivity index (χ3n) is 4.77. The van der Waals surface area contributed by atoms with E-state index in [0.29, 0.717) is 16.8 Å². The Morgan fingerprint density at radius 3 is 2.25 bits per heavy atom. The quantitative estimate of drug-likeness (QED) is 0.513. The van der Waals surface area contributed by atoms with E-state index in [0.717, 1.165) is 10.8 Å². The predicted molar refractivity (Wildman–Crippen MR) is 105 cm³/mol. The van der Waals surface area contributed by atoms with Crippen LogP contribution in [0, 0.1) is 13.8 Å². The summed E-state index contributed by atoms with van der Waals surface area (Å²) in [6, 6.07) is 10.3. The number of fused-ring (bicyclic) bond motifs is 1. The maximum atomic E-state index is 12.7. The lowest BCUT2D eigenvalue weighted by Gasteiger charge is -2.13. The number of hydrogen-bond acceptors (Lipinski definition) is 5. The van der Waals surface area contributed by atoms with Crippen LogP contribution in [0.15, 0.2) is 36.4 Å². The van der Waals surface area contributed by atoms with Crippen molar-refractivity contribution in [2.45, 2.75) is 33.8 Å². The number of aromatic nitrogens is 1. The zero-order valence-electron chi connectivity index (χ0n) is 16.1. The van der Waals surface area contributed by atoms with Crippen LogP contribution in [-0.4, -0.2) is 33.7 Å². The van der Waals surface area contributed by atoms with Crippen LogP contribution in [0.4, 0.5) is 0 Å². The molecule has 0 fully saturated rings. The zero-order chi connectivity index (χ0) is 20.6. The highest BCUT2D eigenvalue weighted by molar-refractivity contribution is 6.06. The summed E-state index contributed by atoms with van der Waals surface area (Å²) in [6.45, 7) is 6.28. The normalized spacial score (nSPS) is 12.0. The molecule has 3 rings (SSSR count). The van der Waals surface area contributed by atoms with Gasteiger partial charge in [-0.05, 0) is 56.2 Å². The number of rotatable bonds is 5. The van der Waals surface area contributed by atoms with Gasteiger partial charge in [0, 0.05) is 11.3 Å². The fourth-order valence-electron chi connectivity index (χ4n) is 3.40. The lowest BCUT2D eigenvalue weighted by atomic mass is 10.0. The number of aryl methyl sites for hydroxylation is 1. The number of aromatic amines is 1. The van der Waals surface area contributed by atoms with Crippen LogP contribution in [0.25, 0.3) is 10.8 Å². The molecule has 0 amide bonds. The molecule has 3 aromatic rings. The van der Waals surface area contributed by atoms with E-state index in [-0.39, 0.29) is 22.8 Å². The summed E-state index contributed by atoms with van der Waals surface area (Å²) in [4.78, 5) is 39.9. The summed E-state index contributed by atoms with van der Waals surface area (Å²) in [5.41, 5.74) is 1.83. The molecule has 2 aromatic carbocycles. The fourth-order valence-corrected chi connectivity index (χ4v) is 3.40. The first-order valence-electron chi connectivity index (χ1n) is 8.87. The minimum atomic E-state index is -1.09. The molecule has 28 heavy (non-hydrogen) atoms. The first kappa shape index (κ1) is 19.4. The van der Waals surface area contributed by atoms with Gasteiger partial charge in [-0.1, -0.05) is 24.3 Å². The summed E-state index contributed by atoms with van der Waals surface area (Å²) in [5.74, 6) is -1.59. The minimum Gasteiger partial charge on any atom is -0.507 e. The molecule has 2 N–H and O–H groups in total. The van der Waals surface area contributed by atoms with Gasteiger partial charge in [0.15, 0.2) is 11.9 Å². The highest BCUT2D eigenvalue weighted by atomic mass is 16.5. The first-order chi connectivity index (χ1) is 13.2. The number of Topliss-reactive ketones (excluding diaryl/α,β-unsaturated/α-hetero) is 2. The SMILES string of the molecule is CC(=O)c1c(C)[nH]c(C(=O)[C@H](C)OC(=O)c2cc3ccccc3cc2O)c1C. The molecule has 6 heteroatoms. The molecule has 0 aliphatic carbocycles. The number of phenols is 1. The van der Waals surface area contributed by atoms with E-state index in [2.05, 4.69) is 4.98 Å². The highest BCUT2D eigenvalue weighted by Gasteiger charge is 2.27. The van der Waals surface area contributed by atoms with Crippen molar-refractivity contribution in [1.29, 1.82) is 0 Å². The number of carbonyl (C=O) groups is 3. The van der Waals surface area contributed by atoms with Crippen molar-refractivity contribution in [3.05, 3.63) is 64.5 Å². The van der Waals surface area contributed by atoms with Gasteiger partial charge < -0.3 is 14.8 Å². The standard InChI is InChI=1S/C22H21NO5/c1-11-19(13(3)24)12(2)23-20(11)21(26)14(4)28-22(27)17-9-15-7-5-6-8-16(15)10-18(17)25/h5-10,14,23,25H,1-4H3/t14-/m0/s1. The number of H-pyrrole nitrogens is 1. The van der Waals surface area contributed by atoms with Crippen molar-refractivity contribution in [1.82, 2.24) is 4.98 Å². The molecule has 1 atom stereocenters. The monoisotopic (exact) mass is 379 g/mol. The molecule has 0 aliphatic heterocycles. The Bertz CT molecular complexity index is 1110. The van der Waals surface area contributed by atoms with Crippen LogP contribution >= 0.6 is 0 Å². The molecule has 0 saturated carbocycles. The van der Waals surface area contributed by atoms with Crippen LogP contribution in [-0.2, 0) is 4.74 Å². The molecule has 0 bridgehead atoms. The van der Waals surface area contributed by atoms with Gasteiger partial charge in [-0.25, -0.2) is 4.79 Å². The van der Waals surface area contributed by atoms with E-state index in [1.807, 2.05) is 24.3 Å². The largest absolute Gasteiger partial charge is 0.507 e. The summed E-state index contributed by atoms with van der Waals surface area (Å²) >= 11 is 0. The summed E-state index contributed by atoms with van der Waals surface area (Å²) < 4.78 is 5.29. The van der Waals surface area contributed by atoms with Crippen molar-refractivity contribution in [3.8, 4) is 5.75 Å². The van der Waals surface area contributed by atoms with Crippen molar-refractivity contribution in [3.63, 3.8) is 0 Å². The number of esters is 1. The number of ether oxygens (including phenoxy) is 1. The molecule has 144 valence electrons. The second-order valence-electron chi connectivity index (χ2n) is 6.81. The third kappa shape index (κ3) is 3.41. The maximum absolute atomic E-state index is 12.7. The number of ketones is 2. The van der Waals surface area contributed by atoms with E-state index in [9.17, 15) is 19.5 Å². The molecule has 0 unspecified atom stereocenters. The van der Waals surface area contributed by atoms with Gasteiger partial charge in [0.2, 0.25) is 5.78 Å². The molecular formula is C22H21NO5. The van der Waals surface area contributed by atoms with Crippen molar-refractivity contribution >= 4 is 28.3 Å². The van der Waals surface area contributed by atoms with Crippen molar-refractivity contribution in [2.75, 3.05) is 0 Å². The first-order valence-corrected chi connectivity index (χ1v) is 8.87. The molecule has 0 spiro atoms. The average Bonchev–Trinajstić information content (AvgIpc) is 2.94. The van der Waals surface area contributed by atoms with Crippen LogP contribution in [0.3, 0.4) is 0 Å². The number of nitrogens with one attached hydrogen (secondary N) is 1. The Hall–Kier alpha value is -3.41. The fraction of sp³-hybridized carbons (Fsp3) is 0.227. The number of benzene rings is 2. The number of aromatic hydroxyl groups is 1. The van der Waals surface area contributed by atoms with Crippen LogP contribution in [0.2, 0.25) is 0 Å². The molecule has 6 nitrogen and oxygen atoms in total. The van der Waals surface area contributed by atoms with E-state index >= 15 is 0 Å².